The number of morpholine rings is 1. The average Bonchev–Trinajstić information content (AvgIpc) is 3.17. The molecule has 0 unspecified atom stereocenters. The third-order valence-electron chi connectivity index (χ3n) is 5.47. The molecule has 0 N–H and O–H groups in total. The van der Waals surface area contributed by atoms with Crippen molar-refractivity contribution in [1.82, 2.24) is 4.90 Å². The zero-order valence-corrected chi connectivity index (χ0v) is 11.7. The molecular weight excluding hydrogens is 238 g/mol. The van der Waals surface area contributed by atoms with Crippen LogP contribution in [0.25, 0.3) is 0 Å². The highest BCUT2D eigenvalue weighted by Gasteiger charge is 2.38. The summed E-state index contributed by atoms with van der Waals surface area (Å²) in [6, 6.07) is 0. The standard InChI is InChI=1S/C16H25NO2/c1-2-15(18-6-1)16-11-17(5-7-19-16)10-14-9-12-3-4-13(14)8-12/h3-4,12-16H,1-2,5-11H2/t12-,13-,14+,15-,16-/m0/s1. The van der Waals surface area contributed by atoms with Crippen molar-refractivity contribution in [2.45, 2.75) is 37.9 Å². The fourth-order valence-electron chi connectivity index (χ4n) is 4.45. The third kappa shape index (κ3) is 2.48. The molecule has 0 aromatic carbocycles. The summed E-state index contributed by atoms with van der Waals surface area (Å²) >= 11 is 0. The quantitative estimate of drug-likeness (QED) is 0.728. The van der Waals surface area contributed by atoms with Crippen molar-refractivity contribution in [3.8, 4) is 0 Å². The first-order valence-electron chi connectivity index (χ1n) is 8.02. The summed E-state index contributed by atoms with van der Waals surface area (Å²) in [5.74, 6) is 2.66. The largest absolute Gasteiger partial charge is 0.375 e. The minimum Gasteiger partial charge on any atom is -0.375 e. The monoisotopic (exact) mass is 263 g/mol. The molecule has 2 aliphatic carbocycles. The first kappa shape index (κ1) is 12.4. The number of allylic oxidation sites excluding steroid dienone is 2. The van der Waals surface area contributed by atoms with Crippen LogP contribution in [0.2, 0.25) is 0 Å². The Balaban J connectivity index is 1.32. The van der Waals surface area contributed by atoms with E-state index in [1.165, 1.54) is 32.2 Å². The Bertz CT molecular complexity index is 351. The molecule has 4 rings (SSSR count). The van der Waals surface area contributed by atoms with Gasteiger partial charge in [-0.05, 0) is 43.4 Å². The Hall–Kier alpha value is -0.380. The van der Waals surface area contributed by atoms with Gasteiger partial charge in [0.2, 0.25) is 0 Å². The lowest BCUT2D eigenvalue weighted by Crippen LogP contribution is -2.49. The second kappa shape index (κ2) is 5.19. The molecule has 1 saturated carbocycles. The van der Waals surface area contributed by atoms with Crippen molar-refractivity contribution in [2.75, 3.05) is 32.8 Å². The highest BCUT2D eigenvalue weighted by Crippen LogP contribution is 2.43. The number of hydrogen-bond donors (Lipinski definition) is 0. The third-order valence-corrected chi connectivity index (χ3v) is 5.47. The Morgan fingerprint density at radius 1 is 1.05 bits per heavy atom. The van der Waals surface area contributed by atoms with Crippen molar-refractivity contribution >= 4 is 0 Å². The zero-order valence-electron chi connectivity index (χ0n) is 11.7. The van der Waals surface area contributed by atoms with Crippen LogP contribution in [0.1, 0.15) is 25.7 Å². The Kier molecular flexibility index (Phi) is 3.38. The lowest BCUT2D eigenvalue weighted by atomic mass is 9.92. The van der Waals surface area contributed by atoms with E-state index in [-0.39, 0.29) is 0 Å². The lowest BCUT2D eigenvalue weighted by Gasteiger charge is -2.37. The van der Waals surface area contributed by atoms with Crippen LogP contribution < -0.4 is 0 Å². The summed E-state index contributed by atoms with van der Waals surface area (Å²) in [6.45, 7) is 5.30. The van der Waals surface area contributed by atoms with Crippen LogP contribution in [0.15, 0.2) is 12.2 Å². The fraction of sp³-hybridized carbons (Fsp3) is 0.875. The van der Waals surface area contributed by atoms with Gasteiger partial charge in [0.25, 0.3) is 0 Å². The summed E-state index contributed by atoms with van der Waals surface area (Å²) in [5, 5.41) is 0. The highest BCUT2D eigenvalue weighted by molar-refractivity contribution is 5.10. The summed E-state index contributed by atoms with van der Waals surface area (Å²) in [6.07, 6.45) is 10.8. The van der Waals surface area contributed by atoms with E-state index in [1.54, 1.807) is 0 Å². The Morgan fingerprint density at radius 3 is 2.74 bits per heavy atom. The molecule has 2 heterocycles. The molecule has 0 radical (unpaired) electrons. The summed E-state index contributed by atoms with van der Waals surface area (Å²) < 4.78 is 11.7. The number of hydrogen-bond acceptors (Lipinski definition) is 3. The summed E-state index contributed by atoms with van der Waals surface area (Å²) in [7, 11) is 0. The van der Waals surface area contributed by atoms with E-state index in [0.717, 1.165) is 44.1 Å². The maximum atomic E-state index is 5.94. The molecule has 0 amide bonds. The van der Waals surface area contributed by atoms with E-state index in [0.29, 0.717) is 12.2 Å². The molecule has 4 aliphatic rings. The van der Waals surface area contributed by atoms with Gasteiger partial charge in [0, 0.05) is 26.2 Å². The predicted octanol–water partition coefficient (Wildman–Crippen LogP) is 2.08. The normalized spacial score (nSPS) is 46.2. The van der Waals surface area contributed by atoms with Crippen molar-refractivity contribution in [3.63, 3.8) is 0 Å². The minimum atomic E-state index is 0.324. The van der Waals surface area contributed by atoms with E-state index < -0.39 is 0 Å². The Labute approximate surface area is 115 Å². The van der Waals surface area contributed by atoms with Crippen LogP contribution >= 0.6 is 0 Å². The zero-order chi connectivity index (χ0) is 12.7. The molecule has 3 heteroatoms. The molecule has 2 bridgehead atoms. The SMILES string of the molecule is C1=C[C@H]2C[C@H]1C[C@@H]2CN1CCO[C@H]([C@@H]2CCCO2)C1. The lowest BCUT2D eigenvalue weighted by molar-refractivity contribution is -0.0969. The molecule has 0 spiro atoms. The molecule has 2 saturated heterocycles. The molecule has 2 aliphatic heterocycles. The van der Waals surface area contributed by atoms with Crippen molar-refractivity contribution in [3.05, 3.63) is 12.2 Å². The summed E-state index contributed by atoms with van der Waals surface area (Å²) in [5.41, 5.74) is 0. The van der Waals surface area contributed by atoms with E-state index in [1.807, 2.05) is 0 Å². The van der Waals surface area contributed by atoms with Gasteiger partial charge >= 0.3 is 0 Å². The van der Waals surface area contributed by atoms with Gasteiger partial charge in [-0.3, -0.25) is 4.90 Å². The second-order valence-corrected chi connectivity index (χ2v) is 6.76. The maximum Gasteiger partial charge on any atom is 0.0963 e. The number of fused-ring (bicyclic) bond motifs is 2. The van der Waals surface area contributed by atoms with Crippen LogP contribution in [-0.4, -0.2) is 50.0 Å². The number of nitrogens with zero attached hydrogens (tertiary/aromatic N) is 1. The van der Waals surface area contributed by atoms with Gasteiger partial charge in [-0.15, -0.1) is 0 Å². The highest BCUT2D eigenvalue weighted by atomic mass is 16.5. The van der Waals surface area contributed by atoms with Gasteiger partial charge in [-0.2, -0.15) is 0 Å². The molecule has 3 fully saturated rings. The molecule has 5 atom stereocenters. The molecule has 106 valence electrons. The topological polar surface area (TPSA) is 21.7 Å². The number of rotatable bonds is 3. The molecule has 0 aromatic heterocycles. The van der Waals surface area contributed by atoms with Crippen molar-refractivity contribution in [1.29, 1.82) is 0 Å². The maximum absolute atomic E-state index is 5.94. The Morgan fingerprint density at radius 2 is 2.00 bits per heavy atom. The van der Waals surface area contributed by atoms with Crippen LogP contribution in [0, 0.1) is 17.8 Å². The molecular formula is C16H25NO2. The first-order chi connectivity index (χ1) is 9.38. The average molecular weight is 263 g/mol. The predicted molar refractivity (Wildman–Crippen MR) is 74.0 cm³/mol. The van der Waals surface area contributed by atoms with Gasteiger partial charge in [0.15, 0.2) is 0 Å². The van der Waals surface area contributed by atoms with E-state index in [9.17, 15) is 0 Å². The van der Waals surface area contributed by atoms with Gasteiger partial charge in [-0.25, -0.2) is 0 Å². The molecule has 3 nitrogen and oxygen atoms in total. The second-order valence-electron chi connectivity index (χ2n) is 6.76. The van der Waals surface area contributed by atoms with Gasteiger partial charge in [0.1, 0.15) is 0 Å². The van der Waals surface area contributed by atoms with Gasteiger partial charge in [-0.1, -0.05) is 12.2 Å². The summed E-state index contributed by atoms with van der Waals surface area (Å²) in [4.78, 5) is 2.63. The van der Waals surface area contributed by atoms with Crippen LogP contribution in [0.4, 0.5) is 0 Å². The smallest absolute Gasteiger partial charge is 0.0963 e. The molecule has 19 heavy (non-hydrogen) atoms. The number of ether oxygens (including phenoxy) is 2. The van der Waals surface area contributed by atoms with Crippen LogP contribution in [0.3, 0.4) is 0 Å². The van der Waals surface area contributed by atoms with E-state index in [2.05, 4.69) is 17.1 Å². The first-order valence-corrected chi connectivity index (χ1v) is 8.02. The minimum absolute atomic E-state index is 0.324. The van der Waals surface area contributed by atoms with Crippen LogP contribution in [-0.2, 0) is 9.47 Å². The fourth-order valence-corrected chi connectivity index (χ4v) is 4.45. The van der Waals surface area contributed by atoms with Crippen LogP contribution in [0.5, 0.6) is 0 Å². The molecule has 0 aromatic rings. The van der Waals surface area contributed by atoms with Crippen molar-refractivity contribution < 1.29 is 9.47 Å². The van der Waals surface area contributed by atoms with E-state index >= 15 is 0 Å². The van der Waals surface area contributed by atoms with Crippen molar-refractivity contribution in [2.24, 2.45) is 17.8 Å². The van der Waals surface area contributed by atoms with Gasteiger partial charge < -0.3 is 9.47 Å². The van der Waals surface area contributed by atoms with E-state index in [4.69, 9.17) is 9.47 Å². The van der Waals surface area contributed by atoms with Gasteiger partial charge in [0.05, 0.1) is 18.8 Å².